The lowest BCUT2D eigenvalue weighted by molar-refractivity contribution is -0.127. The van der Waals surface area contributed by atoms with Gasteiger partial charge in [0, 0.05) is 26.4 Å². The number of allylic oxidation sites excluding steroid dienone is 2. The van der Waals surface area contributed by atoms with Gasteiger partial charge in [-0.3, -0.25) is 0 Å². The van der Waals surface area contributed by atoms with Crippen LogP contribution in [0.5, 0.6) is 0 Å². The Morgan fingerprint density at radius 2 is 1.77 bits per heavy atom. The Morgan fingerprint density at radius 3 is 2.09 bits per heavy atom. The SMILES string of the molecule is C=C/C(C)=C/C(=O)OP.CN(C)/C=C\O[Si](C)(C)C(C)(C)C. The molecule has 0 bridgehead atoms. The number of nitrogens with zero attached hydrogens (tertiary/aromatic N) is 1. The van der Waals surface area contributed by atoms with E-state index in [4.69, 9.17) is 4.43 Å². The van der Waals surface area contributed by atoms with Gasteiger partial charge in [-0.2, -0.15) is 0 Å². The fraction of sp³-hybridized carbons (Fsp3) is 0.562. The van der Waals surface area contributed by atoms with Crippen LogP contribution in [-0.2, 0) is 13.7 Å². The van der Waals surface area contributed by atoms with Gasteiger partial charge in [0.25, 0.3) is 0 Å². The Hall–Kier alpha value is -1.06. The van der Waals surface area contributed by atoms with Crippen molar-refractivity contribution in [2.75, 3.05) is 14.1 Å². The fourth-order valence-electron chi connectivity index (χ4n) is 0.778. The molecule has 0 aromatic heterocycles. The van der Waals surface area contributed by atoms with E-state index in [-0.39, 0.29) is 11.0 Å². The van der Waals surface area contributed by atoms with Crippen molar-refractivity contribution in [3.63, 3.8) is 0 Å². The van der Waals surface area contributed by atoms with Crippen LogP contribution in [0, 0.1) is 0 Å². The standard InChI is InChI=1S/C10H23NOSi.C6H9O2P/c1-10(2,3)13(6,7)12-9-8-11(4)5;1-3-5(2)4-6(7)8-9/h8-9H,1-7H3;3-4H,1,9H2,2H3/b9-8-;5-4+. The van der Waals surface area contributed by atoms with E-state index >= 15 is 0 Å². The highest BCUT2D eigenvalue weighted by Crippen LogP contribution is 2.36. The van der Waals surface area contributed by atoms with Gasteiger partial charge in [0.15, 0.2) is 0 Å². The van der Waals surface area contributed by atoms with Crippen molar-refractivity contribution in [1.29, 1.82) is 0 Å². The number of hydrogen-bond donors (Lipinski definition) is 0. The number of hydrogen-bond acceptors (Lipinski definition) is 4. The molecule has 0 aliphatic heterocycles. The average Bonchev–Trinajstić information content (AvgIpc) is 2.37. The van der Waals surface area contributed by atoms with E-state index in [1.807, 2.05) is 40.9 Å². The zero-order chi connectivity index (χ0) is 18.0. The molecule has 0 N–H and O–H groups in total. The average molecular weight is 345 g/mol. The summed E-state index contributed by atoms with van der Waals surface area (Å²) in [6, 6.07) is 0. The summed E-state index contributed by atoms with van der Waals surface area (Å²) in [4.78, 5) is 12.4. The molecule has 0 amide bonds. The predicted octanol–water partition coefficient (Wildman–Crippen LogP) is 4.49. The third kappa shape index (κ3) is 11.6. The minimum absolute atomic E-state index is 0.281. The molecule has 0 aromatic rings. The van der Waals surface area contributed by atoms with E-state index < -0.39 is 8.32 Å². The summed E-state index contributed by atoms with van der Waals surface area (Å²) < 4.78 is 10.1. The summed E-state index contributed by atoms with van der Waals surface area (Å²) in [7, 11) is 4.27. The normalized spacial score (nSPS) is 12.3. The van der Waals surface area contributed by atoms with Crippen LogP contribution in [0.4, 0.5) is 0 Å². The third-order valence-electron chi connectivity index (χ3n) is 3.31. The van der Waals surface area contributed by atoms with Gasteiger partial charge in [0.2, 0.25) is 8.32 Å². The lowest BCUT2D eigenvalue weighted by atomic mass is 10.2. The third-order valence-corrected chi connectivity index (χ3v) is 7.88. The second-order valence-corrected chi connectivity index (χ2v) is 11.6. The van der Waals surface area contributed by atoms with Crippen LogP contribution in [0.15, 0.2) is 36.8 Å². The lowest BCUT2D eigenvalue weighted by Crippen LogP contribution is -2.39. The van der Waals surface area contributed by atoms with Gasteiger partial charge < -0.3 is 13.8 Å². The fourth-order valence-corrected chi connectivity index (χ4v) is 1.60. The zero-order valence-electron chi connectivity index (χ0n) is 15.3. The number of carbonyl (C=O) groups is 1. The molecule has 0 aromatic carbocycles. The smallest absolute Gasteiger partial charge is 0.333 e. The highest BCUT2D eigenvalue weighted by atomic mass is 31.0. The van der Waals surface area contributed by atoms with Gasteiger partial charge >= 0.3 is 5.97 Å². The van der Waals surface area contributed by atoms with Crippen LogP contribution in [0.2, 0.25) is 18.1 Å². The lowest BCUT2D eigenvalue weighted by Gasteiger charge is -2.35. The van der Waals surface area contributed by atoms with Crippen molar-refractivity contribution in [3.05, 3.63) is 36.8 Å². The van der Waals surface area contributed by atoms with E-state index in [0.717, 1.165) is 5.57 Å². The number of rotatable bonds is 5. The molecule has 0 heterocycles. The van der Waals surface area contributed by atoms with Crippen molar-refractivity contribution >= 4 is 23.8 Å². The molecule has 0 aliphatic rings. The summed E-state index contributed by atoms with van der Waals surface area (Å²) in [5, 5.41) is 0.281. The van der Waals surface area contributed by atoms with Crippen LogP contribution in [-0.4, -0.2) is 33.3 Å². The summed E-state index contributed by atoms with van der Waals surface area (Å²) in [6.45, 7) is 16.4. The maximum absolute atomic E-state index is 10.4. The van der Waals surface area contributed by atoms with E-state index in [2.05, 4.69) is 45.0 Å². The molecule has 0 saturated carbocycles. The van der Waals surface area contributed by atoms with E-state index in [1.54, 1.807) is 13.0 Å². The molecule has 0 spiro atoms. The molecule has 0 radical (unpaired) electrons. The van der Waals surface area contributed by atoms with E-state index in [0.29, 0.717) is 0 Å². The molecule has 0 rings (SSSR count). The Bertz CT molecular complexity index is 410. The summed E-state index contributed by atoms with van der Waals surface area (Å²) in [5.74, 6) is -0.377. The minimum Gasteiger partial charge on any atom is -0.548 e. The van der Waals surface area contributed by atoms with Crippen molar-refractivity contribution in [3.8, 4) is 0 Å². The maximum Gasteiger partial charge on any atom is 0.333 e. The van der Waals surface area contributed by atoms with Crippen molar-refractivity contribution in [1.82, 2.24) is 4.90 Å². The molecule has 0 fully saturated rings. The van der Waals surface area contributed by atoms with Crippen molar-refractivity contribution < 1.29 is 13.7 Å². The molecule has 0 saturated heterocycles. The van der Waals surface area contributed by atoms with Crippen LogP contribution >= 0.6 is 9.47 Å². The molecule has 1 unspecified atom stereocenters. The molecule has 22 heavy (non-hydrogen) atoms. The molecule has 0 aliphatic carbocycles. The van der Waals surface area contributed by atoms with Gasteiger partial charge in [0.05, 0.1) is 15.7 Å². The summed E-state index contributed by atoms with van der Waals surface area (Å²) in [5.41, 5.74) is 0.794. The van der Waals surface area contributed by atoms with Crippen LogP contribution < -0.4 is 0 Å². The van der Waals surface area contributed by atoms with E-state index in [1.165, 1.54) is 6.08 Å². The van der Waals surface area contributed by atoms with Crippen LogP contribution in [0.3, 0.4) is 0 Å². The molecule has 1 atom stereocenters. The first-order valence-corrected chi connectivity index (χ1v) is 10.5. The van der Waals surface area contributed by atoms with E-state index in [9.17, 15) is 4.79 Å². The van der Waals surface area contributed by atoms with Gasteiger partial charge in [-0.1, -0.05) is 33.4 Å². The second-order valence-electron chi connectivity index (χ2n) is 6.66. The Balaban J connectivity index is 0. The molecule has 4 nitrogen and oxygen atoms in total. The largest absolute Gasteiger partial charge is 0.548 e. The topological polar surface area (TPSA) is 38.8 Å². The van der Waals surface area contributed by atoms with Gasteiger partial charge in [-0.25, -0.2) is 4.79 Å². The van der Waals surface area contributed by atoms with Crippen LogP contribution in [0.25, 0.3) is 0 Å². The first-order valence-electron chi connectivity index (χ1n) is 7.09. The highest BCUT2D eigenvalue weighted by molar-refractivity contribution is 7.10. The van der Waals surface area contributed by atoms with Crippen LogP contribution in [0.1, 0.15) is 27.7 Å². The Morgan fingerprint density at radius 1 is 1.27 bits per heavy atom. The molecular weight excluding hydrogens is 313 g/mol. The summed E-state index contributed by atoms with van der Waals surface area (Å²) in [6.07, 6.45) is 6.71. The minimum atomic E-state index is -1.59. The Labute approximate surface area is 139 Å². The quantitative estimate of drug-likeness (QED) is 0.242. The summed E-state index contributed by atoms with van der Waals surface area (Å²) >= 11 is 0. The highest BCUT2D eigenvalue weighted by Gasteiger charge is 2.37. The van der Waals surface area contributed by atoms with Crippen molar-refractivity contribution in [2.24, 2.45) is 0 Å². The number of carbonyl (C=O) groups excluding carboxylic acids is 1. The molecular formula is C16H32NO3PSi. The predicted molar refractivity (Wildman–Crippen MR) is 101 cm³/mol. The zero-order valence-corrected chi connectivity index (χ0v) is 17.4. The maximum atomic E-state index is 10.4. The van der Waals surface area contributed by atoms with Crippen molar-refractivity contribution in [2.45, 2.75) is 45.8 Å². The van der Waals surface area contributed by atoms with Gasteiger partial charge in [-0.15, -0.1) is 0 Å². The first kappa shape index (κ1) is 23.2. The molecule has 128 valence electrons. The second kappa shape index (κ2) is 10.6. The molecule has 6 heteroatoms. The Kier molecular flexibility index (Phi) is 11.2. The van der Waals surface area contributed by atoms with Gasteiger partial charge in [0.1, 0.15) is 0 Å². The monoisotopic (exact) mass is 345 g/mol. The van der Waals surface area contributed by atoms with Gasteiger partial charge in [-0.05, 0) is 30.6 Å². The first-order chi connectivity index (χ1) is 9.87.